The van der Waals surface area contributed by atoms with Crippen LogP contribution >= 0.6 is 11.3 Å². The zero-order valence-electron chi connectivity index (χ0n) is 9.71. The fraction of sp³-hybridized carbons (Fsp3) is 0.182. The van der Waals surface area contributed by atoms with Crippen LogP contribution in [0.25, 0.3) is 0 Å². The molecule has 18 heavy (non-hydrogen) atoms. The van der Waals surface area contributed by atoms with E-state index >= 15 is 0 Å². The van der Waals surface area contributed by atoms with E-state index in [9.17, 15) is 9.59 Å². The molecule has 0 atom stereocenters. The van der Waals surface area contributed by atoms with Gasteiger partial charge in [0.15, 0.2) is 5.13 Å². The maximum Gasteiger partial charge on any atom is 0.251 e. The number of rotatable bonds is 3. The Morgan fingerprint density at radius 2 is 2.33 bits per heavy atom. The fourth-order valence-electron chi connectivity index (χ4n) is 1.40. The van der Waals surface area contributed by atoms with E-state index in [4.69, 9.17) is 5.73 Å². The minimum atomic E-state index is -0.308. The van der Waals surface area contributed by atoms with Crippen LogP contribution in [0.1, 0.15) is 5.69 Å². The van der Waals surface area contributed by atoms with Crippen molar-refractivity contribution in [2.45, 2.75) is 13.5 Å². The van der Waals surface area contributed by atoms with Crippen LogP contribution in [0.15, 0.2) is 28.5 Å². The number of nitrogen functional groups attached to an aromatic ring is 1. The Morgan fingerprint density at radius 3 is 3.00 bits per heavy atom. The monoisotopic (exact) mass is 264 g/mol. The molecule has 2 aromatic rings. The largest absolute Gasteiger partial charge is 0.398 e. The van der Waals surface area contributed by atoms with Crippen molar-refractivity contribution < 1.29 is 4.79 Å². The number of hydrogen-bond donors (Lipinski definition) is 2. The number of hydrogen-bond acceptors (Lipinski definition) is 5. The van der Waals surface area contributed by atoms with Crippen molar-refractivity contribution in [3.05, 3.63) is 39.8 Å². The highest BCUT2D eigenvalue weighted by atomic mass is 32.1. The predicted octanol–water partition coefficient (Wildman–Crippen LogP) is 0.834. The lowest BCUT2D eigenvalue weighted by molar-refractivity contribution is -0.116. The van der Waals surface area contributed by atoms with Gasteiger partial charge in [0.05, 0.1) is 5.69 Å². The average molecular weight is 264 g/mol. The molecule has 0 saturated carbocycles. The van der Waals surface area contributed by atoms with Crippen LogP contribution in [0.3, 0.4) is 0 Å². The lowest BCUT2D eigenvalue weighted by Gasteiger charge is -2.05. The standard InChI is InChI=1S/C11H12N4O2S/c1-7-6-18-11(13-7)14-9(16)5-15-4-8(12)2-3-10(15)17/h2-4,6H,5,12H2,1H3,(H,13,14,16). The molecule has 94 valence electrons. The summed E-state index contributed by atoms with van der Waals surface area (Å²) in [5.41, 5.74) is 6.57. The second kappa shape index (κ2) is 5.01. The number of nitrogens with two attached hydrogens (primary N) is 1. The molecule has 0 aliphatic heterocycles. The van der Waals surface area contributed by atoms with Crippen LogP contribution in [-0.2, 0) is 11.3 Å². The van der Waals surface area contributed by atoms with Gasteiger partial charge in [0.2, 0.25) is 5.91 Å². The summed E-state index contributed by atoms with van der Waals surface area (Å²) in [5.74, 6) is -0.308. The van der Waals surface area contributed by atoms with Crippen molar-refractivity contribution in [3.63, 3.8) is 0 Å². The first-order chi connectivity index (χ1) is 8.54. The molecule has 0 unspecified atom stereocenters. The molecule has 0 bridgehead atoms. The SMILES string of the molecule is Cc1csc(NC(=O)Cn2cc(N)ccc2=O)n1. The summed E-state index contributed by atoms with van der Waals surface area (Å²) >= 11 is 1.34. The number of nitrogens with zero attached hydrogens (tertiary/aromatic N) is 2. The normalized spacial score (nSPS) is 10.3. The van der Waals surface area contributed by atoms with E-state index in [0.717, 1.165) is 5.69 Å². The Kier molecular flexibility index (Phi) is 3.42. The van der Waals surface area contributed by atoms with Crippen molar-refractivity contribution >= 4 is 28.1 Å². The summed E-state index contributed by atoms with van der Waals surface area (Å²) in [6.07, 6.45) is 1.44. The maximum absolute atomic E-state index is 11.7. The highest BCUT2D eigenvalue weighted by molar-refractivity contribution is 7.13. The summed E-state index contributed by atoms with van der Waals surface area (Å²) in [6.45, 7) is 1.76. The molecule has 2 aromatic heterocycles. The maximum atomic E-state index is 11.7. The van der Waals surface area contributed by atoms with Gasteiger partial charge < -0.3 is 15.6 Å². The number of carbonyl (C=O) groups is 1. The molecular weight excluding hydrogens is 252 g/mol. The molecule has 2 rings (SSSR count). The lowest BCUT2D eigenvalue weighted by atomic mass is 10.4. The van der Waals surface area contributed by atoms with Gasteiger partial charge in [-0.2, -0.15) is 0 Å². The topological polar surface area (TPSA) is 90.0 Å². The van der Waals surface area contributed by atoms with Gasteiger partial charge in [0.25, 0.3) is 5.56 Å². The van der Waals surface area contributed by atoms with E-state index in [2.05, 4.69) is 10.3 Å². The molecule has 1 amide bonds. The van der Waals surface area contributed by atoms with Crippen molar-refractivity contribution in [2.24, 2.45) is 0 Å². The Labute approximate surface area is 107 Å². The molecule has 0 radical (unpaired) electrons. The number of pyridine rings is 1. The average Bonchev–Trinajstić information content (AvgIpc) is 2.69. The lowest BCUT2D eigenvalue weighted by Crippen LogP contribution is -2.26. The number of aromatic nitrogens is 2. The van der Waals surface area contributed by atoms with Gasteiger partial charge in [-0.25, -0.2) is 4.98 Å². The number of aryl methyl sites for hydroxylation is 1. The number of nitrogens with one attached hydrogen (secondary N) is 1. The van der Waals surface area contributed by atoms with Gasteiger partial charge in [-0.05, 0) is 13.0 Å². The van der Waals surface area contributed by atoms with E-state index in [1.54, 1.807) is 0 Å². The second-order valence-electron chi connectivity index (χ2n) is 3.77. The van der Waals surface area contributed by atoms with Gasteiger partial charge in [0, 0.05) is 23.3 Å². The first kappa shape index (κ1) is 12.3. The van der Waals surface area contributed by atoms with E-state index in [-0.39, 0.29) is 18.0 Å². The molecule has 0 saturated heterocycles. The third-order valence-electron chi connectivity index (χ3n) is 2.19. The molecule has 0 aliphatic carbocycles. The number of amides is 1. The summed E-state index contributed by atoms with van der Waals surface area (Å²) in [7, 11) is 0. The fourth-order valence-corrected chi connectivity index (χ4v) is 2.10. The minimum absolute atomic E-state index is 0.0809. The summed E-state index contributed by atoms with van der Waals surface area (Å²) in [4.78, 5) is 27.3. The quantitative estimate of drug-likeness (QED) is 0.859. The molecule has 7 heteroatoms. The van der Waals surface area contributed by atoms with Crippen LogP contribution in [0.2, 0.25) is 0 Å². The van der Waals surface area contributed by atoms with E-state index in [0.29, 0.717) is 10.8 Å². The third kappa shape index (κ3) is 2.95. The first-order valence-electron chi connectivity index (χ1n) is 5.22. The molecule has 6 nitrogen and oxygen atoms in total. The highest BCUT2D eigenvalue weighted by Crippen LogP contribution is 2.14. The Hall–Kier alpha value is -2.15. The van der Waals surface area contributed by atoms with E-state index in [1.807, 2.05) is 12.3 Å². The molecular formula is C11H12N4O2S. The molecule has 3 N–H and O–H groups in total. The third-order valence-corrected chi connectivity index (χ3v) is 3.06. The van der Waals surface area contributed by atoms with Crippen molar-refractivity contribution in [1.82, 2.24) is 9.55 Å². The Bertz CT molecular complexity index is 632. The van der Waals surface area contributed by atoms with Crippen LogP contribution in [-0.4, -0.2) is 15.5 Å². The molecule has 0 fully saturated rings. The van der Waals surface area contributed by atoms with Crippen LogP contribution in [0.5, 0.6) is 0 Å². The smallest absolute Gasteiger partial charge is 0.251 e. The number of carbonyl (C=O) groups excluding carboxylic acids is 1. The van der Waals surface area contributed by atoms with Crippen molar-refractivity contribution in [3.8, 4) is 0 Å². The first-order valence-corrected chi connectivity index (χ1v) is 6.10. The minimum Gasteiger partial charge on any atom is -0.398 e. The zero-order chi connectivity index (χ0) is 13.1. The van der Waals surface area contributed by atoms with Crippen LogP contribution < -0.4 is 16.6 Å². The van der Waals surface area contributed by atoms with E-state index < -0.39 is 0 Å². The van der Waals surface area contributed by atoms with E-state index in [1.165, 1.54) is 34.2 Å². The van der Waals surface area contributed by atoms with Gasteiger partial charge in [-0.15, -0.1) is 11.3 Å². The number of anilines is 2. The Balaban J connectivity index is 2.07. The summed E-state index contributed by atoms with van der Waals surface area (Å²) in [6, 6.07) is 2.83. The summed E-state index contributed by atoms with van der Waals surface area (Å²) in [5, 5.41) is 4.98. The van der Waals surface area contributed by atoms with Crippen LogP contribution in [0, 0.1) is 6.92 Å². The zero-order valence-corrected chi connectivity index (χ0v) is 10.5. The van der Waals surface area contributed by atoms with Crippen molar-refractivity contribution in [1.29, 1.82) is 0 Å². The van der Waals surface area contributed by atoms with Gasteiger partial charge in [0.1, 0.15) is 6.54 Å². The van der Waals surface area contributed by atoms with Crippen molar-refractivity contribution in [2.75, 3.05) is 11.1 Å². The van der Waals surface area contributed by atoms with Gasteiger partial charge in [-0.3, -0.25) is 9.59 Å². The van der Waals surface area contributed by atoms with Gasteiger partial charge >= 0.3 is 0 Å². The molecule has 0 aliphatic rings. The van der Waals surface area contributed by atoms with Gasteiger partial charge in [-0.1, -0.05) is 0 Å². The van der Waals surface area contributed by atoms with Crippen LogP contribution in [0.4, 0.5) is 10.8 Å². The highest BCUT2D eigenvalue weighted by Gasteiger charge is 2.07. The number of thiazole rings is 1. The molecule has 2 heterocycles. The predicted molar refractivity (Wildman–Crippen MR) is 70.6 cm³/mol. The molecule has 0 spiro atoms. The molecule has 0 aromatic carbocycles. The Morgan fingerprint density at radius 1 is 1.56 bits per heavy atom. The summed E-state index contributed by atoms with van der Waals surface area (Å²) < 4.78 is 1.26. The second-order valence-corrected chi connectivity index (χ2v) is 4.63.